The average molecular weight is 384 g/mol. The lowest BCUT2D eigenvalue weighted by atomic mass is 10.2. The monoisotopic (exact) mass is 382 g/mol. The molecule has 8 nitrogen and oxygen atoms in total. The number of nitrogens with zero attached hydrogens (tertiary/aromatic N) is 4. The van der Waals surface area contributed by atoms with Crippen molar-refractivity contribution in [1.82, 2.24) is 9.59 Å². The van der Waals surface area contributed by atoms with E-state index in [1.165, 1.54) is 0 Å². The van der Waals surface area contributed by atoms with E-state index in [0.29, 0.717) is 4.70 Å². The van der Waals surface area contributed by atoms with Gasteiger partial charge < -0.3 is 0 Å². The van der Waals surface area contributed by atoms with Crippen molar-refractivity contribution in [2.75, 3.05) is 0 Å². The molecule has 1 aromatic carbocycles. The third-order valence-corrected chi connectivity index (χ3v) is 4.43. The number of hydrogen-bond acceptors (Lipinski definition) is 7. The molecule has 2 aromatic rings. The number of benzene rings is 1. The Hall–Kier alpha value is -1.20. The van der Waals surface area contributed by atoms with Gasteiger partial charge in [-0.2, -0.15) is 0 Å². The highest BCUT2D eigenvalue weighted by atomic mass is 79.9. The van der Waals surface area contributed by atoms with Crippen LogP contribution in [0, 0.1) is 20.2 Å². The van der Waals surface area contributed by atoms with Gasteiger partial charge in [0.25, 0.3) is 0 Å². The van der Waals surface area contributed by atoms with Crippen LogP contribution in [0.1, 0.15) is 0 Å². The first kappa shape index (κ1) is 12.3. The van der Waals surface area contributed by atoms with E-state index in [-0.39, 0.29) is 14.5 Å². The van der Waals surface area contributed by atoms with Crippen molar-refractivity contribution in [1.29, 1.82) is 0 Å². The Bertz CT molecular complexity index is 603. The molecule has 0 aliphatic heterocycles. The average Bonchev–Trinajstić information content (AvgIpc) is 2.70. The van der Waals surface area contributed by atoms with Gasteiger partial charge in [0.2, 0.25) is 0 Å². The third-order valence-electron chi connectivity index (χ3n) is 1.90. The minimum absolute atomic E-state index is 0.0161. The highest BCUT2D eigenvalue weighted by Gasteiger charge is 2.35. The maximum atomic E-state index is 10.9. The van der Waals surface area contributed by atoms with E-state index in [1.807, 2.05) is 0 Å². The summed E-state index contributed by atoms with van der Waals surface area (Å²) in [4.78, 5) is 20.1. The Kier molecular flexibility index (Phi) is 3.05. The Labute approximate surface area is 113 Å². The number of aromatic nitrogens is 2. The molecule has 2 rings (SSSR count). The molecule has 0 spiro atoms. The van der Waals surface area contributed by atoms with E-state index in [9.17, 15) is 20.2 Å². The second-order valence-corrected chi connectivity index (χ2v) is 5.13. The zero-order chi connectivity index (χ0) is 12.7. The summed E-state index contributed by atoms with van der Waals surface area (Å²) in [5.41, 5.74) is -1.03. The molecule has 0 unspecified atom stereocenters. The summed E-state index contributed by atoms with van der Waals surface area (Å²) >= 11 is 6.85. The number of halogens is 2. The van der Waals surface area contributed by atoms with Gasteiger partial charge in [0.1, 0.15) is 14.5 Å². The normalized spacial score (nSPS) is 10.7. The Balaban J connectivity index is 3.03. The molecule has 0 N–H and O–H groups in total. The number of rotatable bonds is 2. The second-order valence-electron chi connectivity index (χ2n) is 2.79. The van der Waals surface area contributed by atoms with Crippen molar-refractivity contribution < 1.29 is 9.85 Å². The summed E-state index contributed by atoms with van der Waals surface area (Å²) in [5.74, 6) is 0. The van der Waals surface area contributed by atoms with Crippen LogP contribution in [0.25, 0.3) is 10.2 Å². The summed E-state index contributed by atoms with van der Waals surface area (Å²) in [6, 6.07) is 0. The number of hydrogen-bond donors (Lipinski definition) is 0. The van der Waals surface area contributed by atoms with Crippen LogP contribution in [0.3, 0.4) is 0 Å². The van der Waals surface area contributed by atoms with Gasteiger partial charge in [-0.3, -0.25) is 20.2 Å². The van der Waals surface area contributed by atoms with Crippen molar-refractivity contribution in [3.63, 3.8) is 0 Å². The maximum Gasteiger partial charge on any atom is 0.363 e. The van der Waals surface area contributed by atoms with E-state index in [4.69, 9.17) is 0 Å². The Morgan fingerprint density at radius 3 is 2.12 bits per heavy atom. The topological polar surface area (TPSA) is 112 Å². The lowest BCUT2D eigenvalue weighted by Crippen LogP contribution is -1.99. The summed E-state index contributed by atoms with van der Waals surface area (Å²) in [6.07, 6.45) is 0. The van der Waals surface area contributed by atoms with Crippen LogP contribution >= 0.6 is 43.4 Å². The largest absolute Gasteiger partial charge is 0.363 e. The fourth-order valence-corrected chi connectivity index (χ4v) is 3.33. The zero-order valence-electron chi connectivity index (χ0n) is 7.59. The number of nitro benzene ring substituents is 2. The molecule has 0 saturated heterocycles. The van der Waals surface area contributed by atoms with Crippen molar-refractivity contribution >= 4 is 65.0 Å². The number of nitro groups is 2. The molecular weight excluding hydrogens is 384 g/mol. The minimum atomic E-state index is -0.828. The molecule has 0 amide bonds. The van der Waals surface area contributed by atoms with E-state index < -0.39 is 21.2 Å². The van der Waals surface area contributed by atoms with Gasteiger partial charge >= 0.3 is 11.4 Å². The van der Waals surface area contributed by atoms with Gasteiger partial charge in [0.15, 0.2) is 0 Å². The van der Waals surface area contributed by atoms with Crippen LogP contribution in [-0.2, 0) is 0 Å². The molecular formula is C6Br2N4O4S. The highest BCUT2D eigenvalue weighted by Crippen LogP contribution is 2.46. The van der Waals surface area contributed by atoms with E-state index >= 15 is 0 Å². The Morgan fingerprint density at radius 1 is 1.06 bits per heavy atom. The molecule has 1 heterocycles. The summed E-state index contributed by atoms with van der Waals surface area (Å²) in [5, 5.41) is 25.4. The lowest BCUT2D eigenvalue weighted by Gasteiger charge is -2.00. The van der Waals surface area contributed by atoms with Crippen molar-refractivity contribution in [3.05, 3.63) is 29.2 Å². The number of fused-ring (bicyclic) bond motifs is 1. The standard InChI is InChI=1S/C6Br2N4O4S/c7-1-3-6(17-10-9-3)2(8)5(12(15)16)4(1)11(13)14. The van der Waals surface area contributed by atoms with E-state index in [2.05, 4.69) is 41.4 Å². The van der Waals surface area contributed by atoms with Crippen LogP contribution in [0.5, 0.6) is 0 Å². The molecule has 17 heavy (non-hydrogen) atoms. The molecule has 0 aliphatic carbocycles. The summed E-state index contributed by atoms with van der Waals surface area (Å²) in [7, 11) is 0. The maximum absolute atomic E-state index is 10.9. The molecule has 0 bridgehead atoms. The van der Waals surface area contributed by atoms with Gasteiger partial charge in [-0.25, -0.2) is 0 Å². The zero-order valence-corrected chi connectivity index (χ0v) is 11.6. The van der Waals surface area contributed by atoms with E-state index in [0.717, 1.165) is 11.5 Å². The molecule has 0 radical (unpaired) electrons. The minimum Gasteiger partial charge on any atom is -0.258 e. The third kappa shape index (κ3) is 1.79. The molecule has 0 aliphatic rings. The summed E-state index contributed by atoms with van der Waals surface area (Å²) in [6.45, 7) is 0. The predicted molar refractivity (Wildman–Crippen MR) is 66.1 cm³/mol. The van der Waals surface area contributed by atoms with Gasteiger partial charge in [-0.1, -0.05) is 4.49 Å². The molecule has 88 valence electrons. The first-order valence-electron chi connectivity index (χ1n) is 3.87. The van der Waals surface area contributed by atoms with Crippen LogP contribution in [0.4, 0.5) is 11.4 Å². The lowest BCUT2D eigenvalue weighted by molar-refractivity contribution is -0.423. The SMILES string of the molecule is O=[N+]([O-])c1c([N+](=O)[O-])c(Br)c2snnc2c1Br. The van der Waals surface area contributed by atoms with Crippen LogP contribution < -0.4 is 0 Å². The fourth-order valence-electron chi connectivity index (χ4n) is 1.24. The van der Waals surface area contributed by atoms with Crippen LogP contribution in [0.15, 0.2) is 8.95 Å². The first-order valence-corrected chi connectivity index (χ1v) is 6.23. The highest BCUT2D eigenvalue weighted by molar-refractivity contribution is 9.11. The van der Waals surface area contributed by atoms with Crippen molar-refractivity contribution in [2.45, 2.75) is 0 Å². The predicted octanol–water partition coefficient (Wildman–Crippen LogP) is 3.03. The van der Waals surface area contributed by atoms with Crippen LogP contribution in [0.2, 0.25) is 0 Å². The molecule has 0 atom stereocenters. The molecule has 11 heteroatoms. The van der Waals surface area contributed by atoms with Gasteiger partial charge in [-0.15, -0.1) is 5.10 Å². The first-order chi connectivity index (χ1) is 7.95. The van der Waals surface area contributed by atoms with Crippen LogP contribution in [-0.4, -0.2) is 19.4 Å². The smallest absolute Gasteiger partial charge is 0.258 e. The summed E-state index contributed by atoms with van der Waals surface area (Å²) < 4.78 is 3.97. The van der Waals surface area contributed by atoms with Crippen molar-refractivity contribution in [3.8, 4) is 0 Å². The van der Waals surface area contributed by atoms with Crippen molar-refractivity contribution in [2.24, 2.45) is 0 Å². The van der Waals surface area contributed by atoms with Gasteiger partial charge in [0.05, 0.1) is 14.5 Å². The molecule has 0 fully saturated rings. The molecule has 0 saturated carbocycles. The fraction of sp³-hybridized carbons (Fsp3) is 0. The second kappa shape index (κ2) is 4.23. The van der Waals surface area contributed by atoms with E-state index in [1.54, 1.807) is 0 Å². The van der Waals surface area contributed by atoms with Gasteiger partial charge in [-0.05, 0) is 43.4 Å². The Morgan fingerprint density at radius 2 is 1.59 bits per heavy atom. The molecule has 1 aromatic heterocycles. The van der Waals surface area contributed by atoms with Gasteiger partial charge in [0, 0.05) is 0 Å². The quantitative estimate of drug-likeness (QED) is 0.581.